The molecule has 6 heteroatoms. The van der Waals surface area contributed by atoms with Crippen LogP contribution in [0, 0.1) is 0 Å². The minimum absolute atomic E-state index is 0.220. The first kappa shape index (κ1) is 14.7. The maximum atomic E-state index is 12.5. The third kappa shape index (κ3) is 2.62. The van der Waals surface area contributed by atoms with Gasteiger partial charge in [-0.1, -0.05) is 11.6 Å². The van der Waals surface area contributed by atoms with E-state index in [0.717, 1.165) is 11.1 Å². The molecular weight excluding hydrogens is 276 g/mol. The van der Waals surface area contributed by atoms with Crippen molar-refractivity contribution in [3.8, 4) is 0 Å². The summed E-state index contributed by atoms with van der Waals surface area (Å²) in [5.74, 6) is -0.220. The highest BCUT2D eigenvalue weighted by Gasteiger charge is 2.48. The van der Waals surface area contributed by atoms with Crippen LogP contribution in [0.2, 0.25) is 0 Å². The number of thiophene rings is 1. The number of hydrogen-bond acceptors (Lipinski definition) is 4. The van der Waals surface area contributed by atoms with E-state index in [9.17, 15) is 9.59 Å². The van der Waals surface area contributed by atoms with Crippen LogP contribution in [0.3, 0.4) is 0 Å². The van der Waals surface area contributed by atoms with Crippen molar-refractivity contribution in [2.45, 2.75) is 19.4 Å². The van der Waals surface area contributed by atoms with Crippen molar-refractivity contribution in [3.63, 3.8) is 0 Å². The molecule has 3 amide bonds. The second-order valence-corrected chi connectivity index (χ2v) is 5.75. The first-order chi connectivity index (χ1) is 9.49. The summed E-state index contributed by atoms with van der Waals surface area (Å²) in [4.78, 5) is 25.7. The van der Waals surface area contributed by atoms with Crippen molar-refractivity contribution in [1.82, 2.24) is 10.2 Å². The van der Waals surface area contributed by atoms with E-state index in [2.05, 4.69) is 5.32 Å². The maximum absolute atomic E-state index is 12.5. The summed E-state index contributed by atoms with van der Waals surface area (Å²) in [6, 6.07) is 1.50. The molecule has 2 heterocycles. The van der Waals surface area contributed by atoms with Gasteiger partial charge in [0.1, 0.15) is 5.54 Å². The quantitative estimate of drug-likeness (QED) is 0.668. The molecule has 0 radical (unpaired) electrons. The second-order valence-electron chi connectivity index (χ2n) is 4.97. The number of methoxy groups -OCH3 is 1. The average Bonchev–Trinajstić information content (AvgIpc) is 2.98. The van der Waals surface area contributed by atoms with E-state index in [0.29, 0.717) is 6.61 Å². The largest absolute Gasteiger partial charge is 0.380 e. The monoisotopic (exact) mass is 294 g/mol. The number of amides is 3. The van der Waals surface area contributed by atoms with Crippen LogP contribution in [0.25, 0.3) is 0 Å². The van der Waals surface area contributed by atoms with Gasteiger partial charge in [0.25, 0.3) is 5.91 Å². The molecule has 20 heavy (non-hydrogen) atoms. The lowest BCUT2D eigenvalue weighted by molar-refractivity contribution is -0.130. The normalized spacial score (nSPS) is 23.4. The molecule has 0 aromatic carbocycles. The highest BCUT2D eigenvalue weighted by Crippen LogP contribution is 2.30. The first-order valence-corrected chi connectivity index (χ1v) is 7.24. The fraction of sp³-hybridized carbons (Fsp3) is 0.429. The Hall–Kier alpha value is -1.66. The summed E-state index contributed by atoms with van der Waals surface area (Å²) in [5, 5.41) is 6.55. The Kier molecular flexibility index (Phi) is 4.25. The van der Waals surface area contributed by atoms with Crippen LogP contribution in [0.15, 0.2) is 28.5 Å². The Morgan fingerprint density at radius 1 is 1.55 bits per heavy atom. The molecule has 2 rings (SSSR count). The molecule has 1 atom stereocenters. The predicted octanol–water partition coefficient (Wildman–Crippen LogP) is 2.11. The Balaban J connectivity index is 2.16. The number of rotatable bonds is 5. The fourth-order valence-electron chi connectivity index (χ4n) is 2.14. The fourth-order valence-corrected chi connectivity index (χ4v) is 2.91. The van der Waals surface area contributed by atoms with Crippen molar-refractivity contribution in [2.24, 2.45) is 0 Å². The maximum Gasteiger partial charge on any atom is 0.325 e. The number of imide groups is 1. The number of nitrogens with one attached hydrogen (secondary N) is 1. The molecule has 0 spiro atoms. The van der Waals surface area contributed by atoms with Gasteiger partial charge in [0.15, 0.2) is 0 Å². The van der Waals surface area contributed by atoms with Gasteiger partial charge in [-0.05, 0) is 36.2 Å². The van der Waals surface area contributed by atoms with E-state index in [-0.39, 0.29) is 18.5 Å². The Bertz CT molecular complexity index is 539. The molecule has 1 aliphatic heterocycles. The summed E-state index contributed by atoms with van der Waals surface area (Å²) in [7, 11) is 1.61. The number of hydrogen-bond donors (Lipinski definition) is 1. The van der Waals surface area contributed by atoms with Crippen LogP contribution in [-0.2, 0) is 15.1 Å². The van der Waals surface area contributed by atoms with Crippen LogP contribution in [-0.4, -0.2) is 37.1 Å². The number of urea groups is 1. The van der Waals surface area contributed by atoms with Gasteiger partial charge in [-0.25, -0.2) is 4.79 Å². The van der Waals surface area contributed by atoms with Crippen LogP contribution in [0.5, 0.6) is 0 Å². The zero-order chi connectivity index (χ0) is 14.8. The molecule has 1 fully saturated rings. The topological polar surface area (TPSA) is 58.6 Å². The molecule has 1 aromatic heterocycles. The van der Waals surface area contributed by atoms with Crippen molar-refractivity contribution < 1.29 is 14.3 Å². The Labute approximate surface area is 122 Å². The molecule has 5 nitrogen and oxygen atoms in total. The standard InChI is InChI=1S/C14H18N2O3S/c1-10(8-19-3)4-6-16-12(17)14(2,15-13(16)18)11-5-7-20-9-11/h4-5,7,9H,6,8H2,1-3H3,(H,15,18). The number of nitrogens with zero attached hydrogens (tertiary/aromatic N) is 1. The third-order valence-corrected chi connectivity index (χ3v) is 4.05. The summed E-state index contributed by atoms with van der Waals surface area (Å²) in [5.41, 5.74) is 0.846. The van der Waals surface area contributed by atoms with E-state index in [4.69, 9.17) is 4.74 Å². The molecule has 108 valence electrons. The van der Waals surface area contributed by atoms with E-state index in [1.807, 2.05) is 29.8 Å². The number of ether oxygens (including phenoxy) is 1. The van der Waals surface area contributed by atoms with Gasteiger partial charge >= 0.3 is 6.03 Å². The smallest absolute Gasteiger partial charge is 0.325 e. The molecule has 1 unspecified atom stereocenters. The van der Waals surface area contributed by atoms with Crippen molar-refractivity contribution in [2.75, 3.05) is 20.3 Å². The van der Waals surface area contributed by atoms with Crippen molar-refractivity contribution in [3.05, 3.63) is 34.0 Å². The Morgan fingerprint density at radius 3 is 2.90 bits per heavy atom. The van der Waals surface area contributed by atoms with Gasteiger partial charge in [0.05, 0.1) is 6.61 Å². The van der Waals surface area contributed by atoms with Crippen LogP contribution in [0.1, 0.15) is 19.4 Å². The van der Waals surface area contributed by atoms with E-state index in [1.165, 1.54) is 16.2 Å². The molecule has 1 aromatic rings. The molecular formula is C14H18N2O3S. The minimum Gasteiger partial charge on any atom is -0.380 e. The molecule has 1 aliphatic rings. The molecule has 1 N–H and O–H groups in total. The lowest BCUT2D eigenvalue weighted by Gasteiger charge is -2.20. The SMILES string of the molecule is COCC(C)=CCN1C(=O)NC(C)(c2ccsc2)C1=O. The van der Waals surface area contributed by atoms with E-state index in [1.54, 1.807) is 14.0 Å². The average molecular weight is 294 g/mol. The third-order valence-electron chi connectivity index (χ3n) is 3.37. The first-order valence-electron chi connectivity index (χ1n) is 6.30. The summed E-state index contributed by atoms with van der Waals surface area (Å²) >= 11 is 1.50. The van der Waals surface area contributed by atoms with E-state index >= 15 is 0 Å². The zero-order valence-electron chi connectivity index (χ0n) is 11.8. The summed E-state index contributed by atoms with van der Waals surface area (Å²) in [6.45, 7) is 4.39. The molecule has 1 saturated heterocycles. The van der Waals surface area contributed by atoms with Gasteiger partial charge in [0, 0.05) is 13.7 Å². The molecule has 0 aliphatic carbocycles. The van der Waals surface area contributed by atoms with Crippen LogP contribution in [0.4, 0.5) is 4.79 Å². The van der Waals surface area contributed by atoms with Crippen LogP contribution >= 0.6 is 11.3 Å². The van der Waals surface area contributed by atoms with Gasteiger partial charge in [-0.2, -0.15) is 11.3 Å². The number of carbonyl (C=O) groups excluding carboxylic acids is 2. The highest BCUT2D eigenvalue weighted by atomic mass is 32.1. The highest BCUT2D eigenvalue weighted by molar-refractivity contribution is 7.08. The van der Waals surface area contributed by atoms with Crippen molar-refractivity contribution in [1.29, 1.82) is 0 Å². The minimum atomic E-state index is -0.958. The lowest BCUT2D eigenvalue weighted by atomic mass is 9.95. The summed E-state index contributed by atoms with van der Waals surface area (Å²) < 4.78 is 5.00. The zero-order valence-corrected chi connectivity index (χ0v) is 12.6. The molecule has 0 bridgehead atoms. The molecule has 0 saturated carbocycles. The van der Waals surface area contributed by atoms with Gasteiger partial charge in [0.2, 0.25) is 0 Å². The summed E-state index contributed by atoms with van der Waals surface area (Å²) in [6.07, 6.45) is 1.83. The Morgan fingerprint density at radius 2 is 2.30 bits per heavy atom. The predicted molar refractivity (Wildman–Crippen MR) is 77.5 cm³/mol. The number of carbonyl (C=O) groups is 2. The van der Waals surface area contributed by atoms with Crippen molar-refractivity contribution >= 4 is 23.3 Å². The second kappa shape index (κ2) is 5.76. The van der Waals surface area contributed by atoms with E-state index < -0.39 is 5.54 Å². The van der Waals surface area contributed by atoms with Gasteiger partial charge in [-0.15, -0.1) is 0 Å². The van der Waals surface area contributed by atoms with Crippen LogP contribution < -0.4 is 5.32 Å². The van der Waals surface area contributed by atoms with Gasteiger partial charge < -0.3 is 10.1 Å². The van der Waals surface area contributed by atoms with Gasteiger partial charge in [-0.3, -0.25) is 9.69 Å². The lowest BCUT2D eigenvalue weighted by Crippen LogP contribution is -2.40.